The molecule has 5 nitrogen and oxygen atoms in total. The van der Waals surface area contributed by atoms with Crippen LogP contribution < -0.4 is 4.74 Å². The number of nitriles is 1. The number of rotatable bonds is 22. The predicted octanol–water partition coefficient (Wildman–Crippen LogP) is 10.7. The standard InChI is InChI=1S/C40H57NO4/c1-4-6-27-44-38-24-22-35(23-25-38)34-18-20-36(21-19-34)37-17-16-26-40(31-37,32-41)30-33(3)43-28-14-12-10-8-7-9-11-13-15-29-45-39(42)5-2/h5,18-25,33,37H,2,4,6-17,26-31H2,1,3H3. The average Bonchev–Trinajstić information content (AvgIpc) is 3.07. The van der Waals surface area contributed by atoms with Crippen molar-refractivity contribution in [1.29, 1.82) is 5.26 Å². The third kappa shape index (κ3) is 13.4. The van der Waals surface area contributed by atoms with Gasteiger partial charge in [0.2, 0.25) is 0 Å². The number of carbonyl (C=O) groups excluding carboxylic acids is 1. The van der Waals surface area contributed by atoms with Gasteiger partial charge in [-0.15, -0.1) is 0 Å². The fourth-order valence-electron chi connectivity index (χ4n) is 6.57. The highest BCUT2D eigenvalue weighted by atomic mass is 16.5. The Balaban J connectivity index is 1.32. The van der Waals surface area contributed by atoms with Crippen LogP contribution in [0.2, 0.25) is 0 Å². The fraction of sp³-hybridized carbons (Fsp3) is 0.600. The SMILES string of the molecule is C=CC(=O)OCCCCCCCCCCCOC(C)CC1(C#N)CCCC(c2ccc(-c3ccc(OCCCC)cc3)cc2)C1. The second-order valence-corrected chi connectivity index (χ2v) is 13.0. The third-order valence-corrected chi connectivity index (χ3v) is 9.20. The Hall–Kier alpha value is -3.10. The molecule has 0 aromatic heterocycles. The lowest BCUT2D eigenvalue weighted by molar-refractivity contribution is -0.137. The Morgan fingerprint density at radius 3 is 2.11 bits per heavy atom. The van der Waals surface area contributed by atoms with Gasteiger partial charge in [0.15, 0.2) is 0 Å². The molecule has 45 heavy (non-hydrogen) atoms. The molecule has 0 N–H and O–H groups in total. The van der Waals surface area contributed by atoms with Crippen LogP contribution in [0, 0.1) is 16.7 Å². The first-order chi connectivity index (χ1) is 22.0. The molecular weight excluding hydrogens is 558 g/mol. The second kappa shape index (κ2) is 20.8. The van der Waals surface area contributed by atoms with Crippen molar-refractivity contribution in [1.82, 2.24) is 0 Å². The lowest BCUT2D eigenvalue weighted by atomic mass is 9.66. The van der Waals surface area contributed by atoms with E-state index in [0.29, 0.717) is 12.5 Å². The largest absolute Gasteiger partial charge is 0.494 e. The Morgan fingerprint density at radius 1 is 0.911 bits per heavy atom. The molecule has 1 aliphatic carbocycles. The number of carbonyl (C=O) groups is 1. The molecule has 3 atom stereocenters. The molecular formula is C40H57NO4. The number of hydrogen-bond donors (Lipinski definition) is 0. The van der Waals surface area contributed by atoms with E-state index in [1.807, 2.05) is 0 Å². The molecule has 3 unspecified atom stereocenters. The summed E-state index contributed by atoms with van der Waals surface area (Å²) >= 11 is 0. The Bertz CT molecular complexity index is 1150. The van der Waals surface area contributed by atoms with Crippen LogP contribution in [0.4, 0.5) is 0 Å². The molecule has 3 rings (SSSR count). The molecule has 5 heteroatoms. The summed E-state index contributed by atoms with van der Waals surface area (Å²) in [6, 6.07) is 20.1. The van der Waals surface area contributed by atoms with Gasteiger partial charge in [-0.1, -0.05) is 108 Å². The quantitative estimate of drug-likeness (QED) is 0.0749. The Kier molecular flexibility index (Phi) is 16.8. The number of esters is 1. The topological polar surface area (TPSA) is 68.5 Å². The Morgan fingerprint density at radius 2 is 1.51 bits per heavy atom. The van der Waals surface area contributed by atoms with Crippen molar-refractivity contribution in [3.05, 3.63) is 66.7 Å². The lowest BCUT2D eigenvalue weighted by Gasteiger charge is -2.37. The summed E-state index contributed by atoms with van der Waals surface area (Å²) in [5.74, 6) is 1.02. The maximum Gasteiger partial charge on any atom is 0.330 e. The van der Waals surface area contributed by atoms with Crippen LogP contribution in [0.25, 0.3) is 11.1 Å². The van der Waals surface area contributed by atoms with Gasteiger partial charge in [-0.05, 0) is 86.6 Å². The summed E-state index contributed by atoms with van der Waals surface area (Å²) in [6.45, 7) is 9.78. The summed E-state index contributed by atoms with van der Waals surface area (Å²) in [5.41, 5.74) is 3.45. The smallest absolute Gasteiger partial charge is 0.330 e. The maximum atomic E-state index is 11.0. The molecule has 1 aliphatic rings. The molecule has 0 saturated heterocycles. The Labute approximate surface area is 273 Å². The van der Waals surface area contributed by atoms with E-state index in [1.54, 1.807) is 0 Å². The third-order valence-electron chi connectivity index (χ3n) is 9.20. The van der Waals surface area contributed by atoms with E-state index in [9.17, 15) is 10.1 Å². The zero-order valence-electron chi connectivity index (χ0n) is 28.1. The summed E-state index contributed by atoms with van der Waals surface area (Å²) in [7, 11) is 0. The number of unbranched alkanes of at least 4 members (excludes halogenated alkanes) is 9. The summed E-state index contributed by atoms with van der Waals surface area (Å²) in [4.78, 5) is 11.0. The van der Waals surface area contributed by atoms with Gasteiger partial charge in [0.1, 0.15) is 5.75 Å². The molecule has 0 amide bonds. The normalized spacial score (nSPS) is 18.6. The van der Waals surface area contributed by atoms with E-state index in [2.05, 4.69) is 75.0 Å². The summed E-state index contributed by atoms with van der Waals surface area (Å²) in [5, 5.41) is 10.3. The predicted molar refractivity (Wildman–Crippen MR) is 184 cm³/mol. The zero-order chi connectivity index (χ0) is 32.2. The average molecular weight is 616 g/mol. The van der Waals surface area contributed by atoms with Crippen molar-refractivity contribution >= 4 is 5.97 Å². The molecule has 0 bridgehead atoms. The molecule has 0 heterocycles. The van der Waals surface area contributed by atoms with Crippen LogP contribution in [-0.2, 0) is 14.3 Å². The highest BCUT2D eigenvalue weighted by molar-refractivity contribution is 5.81. The highest BCUT2D eigenvalue weighted by Crippen LogP contribution is 2.47. The minimum atomic E-state index is -0.329. The van der Waals surface area contributed by atoms with Gasteiger partial charge in [-0.25, -0.2) is 4.79 Å². The van der Waals surface area contributed by atoms with E-state index >= 15 is 0 Å². The first-order valence-corrected chi connectivity index (χ1v) is 17.6. The minimum Gasteiger partial charge on any atom is -0.494 e. The van der Waals surface area contributed by atoms with Crippen molar-refractivity contribution in [2.45, 2.75) is 129 Å². The lowest BCUT2D eigenvalue weighted by Crippen LogP contribution is -2.31. The summed E-state index contributed by atoms with van der Waals surface area (Å²) in [6.07, 6.45) is 19.0. The van der Waals surface area contributed by atoms with E-state index in [0.717, 1.165) is 83.2 Å². The van der Waals surface area contributed by atoms with Gasteiger partial charge in [0.05, 0.1) is 30.8 Å². The molecule has 2 aromatic rings. The highest BCUT2D eigenvalue weighted by Gasteiger charge is 2.38. The van der Waals surface area contributed by atoms with Crippen LogP contribution in [-0.4, -0.2) is 31.9 Å². The molecule has 2 aromatic carbocycles. The van der Waals surface area contributed by atoms with E-state index < -0.39 is 0 Å². The number of hydrogen-bond acceptors (Lipinski definition) is 5. The van der Waals surface area contributed by atoms with Gasteiger partial charge >= 0.3 is 5.97 Å². The van der Waals surface area contributed by atoms with E-state index in [1.165, 1.54) is 61.3 Å². The van der Waals surface area contributed by atoms with Crippen molar-refractivity contribution in [3.8, 4) is 22.9 Å². The molecule has 0 radical (unpaired) electrons. The molecule has 1 fully saturated rings. The van der Waals surface area contributed by atoms with Crippen LogP contribution in [0.15, 0.2) is 61.2 Å². The van der Waals surface area contributed by atoms with Crippen molar-refractivity contribution < 1.29 is 19.0 Å². The zero-order valence-corrected chi connectivity index (χ0v) is 28.1. The van der Waals surface area contributed by atoms with E-state index in [4.69, 9.17) is 14.2 Å². The fourth-order valence-corrected chi connectivity index (χ4v) is 6.57. The first-order valence-electron chi connectivity index (χ1n) is 17.6. The van der Waals surface area contributed by atoms with Crippen molar-refractivity contribution in [2.24, 2.45) is 5.41 Å². The van der Waals surface area contributed by atoms with Crippen molar-refractivity contribution in [3.63, 3.8) is 0 Å². The van der Waals surface area contributed by atoms with Crippen LogP contribution in [0.5, 0.6) is 5.75 Å². The van der Waals surface area contributed by atoms with Gasteiger partial charge in [-0.3, -0.25) is 0 Å². The molecule has 246 valence electrons. The van der Waals surface area contributed by atoms with Crippen molar-refractivity contribution in [2.75, 3.05) is 19.8 Å². The van der Waals surface area contributed by atoms with Crippen LogP contribution in [0.1, 0.15) is 128 Å². The minimum absolute atomic E-state index is 0.102. The van der Waals surface area contributed by atoms with Gasteiger partial charge in [0.25, 0.3) is 0 Å². The number of ether oxygens (including phenoxy) is 3. The van der Waals surface area contributed by atoms with Gasteiger partial charge in [0, 0.05) is 12.7 Å². The van der Waals surface area contributed by atoms with Crippen LogP contribution >= 0.6 is 0 Å². The number of benzene rings is 2. The van der Waals surface area contributed by atoms with E-state index in [-0.39, 0.29) is 17.5 Å². The maximum absolute atomic E-state index is 11.0. The summed E-state index contributed by atoms with van der Waals surface area (Å²) < 4.78 is 17.0. The second-order valence-electron chi connectivity index (χ2n) is 13.0. The number of nitrogens with zero attached hydrogens (tertiary/aromatic N) is 1. The molecule has 0 aliphatic heterocycles. The first kappa shape index (κ1) is 36.4. The molecule has 0 spiro atoms. The van der Waals surface area contributed by atoms with Gasteiger partial charge in [-0.2, -0.15) is 5.26 Å². The van der Waals surface area contributed by atoms with Gasteiger partial charge < -0.3 is 14.2 Å². The monoisotopic (exact) mass is 615 g/mol. The van der Waals surface area contributed by atoms with Crippen LogP contribution in [0.3, 0.4) is 0 Å². The molecule has 1 saturated carbocycles.